The second-order valence-corrected chi connectivity index (χ2v) is 8.32. The summed E-state index contributed by atoms with van der Waals surface area (Å²) in [5, 5.41) is 2.76. The summed E-state index contributed by atoms with van der Waals surface area (Å²) in [5.41, 5.74) is 1.66. The molecule has 1 saturated heterocycles. The number of carbonyl (C=O) groups is 1. The van der Waals surface area contributed by atoms with Gasteiger partial charge >= 0.3 is 0 Å². The van der Waals surface area contributed by atoms with Gasteiger partial charge in [-0.1, -0.05) is 26.0 Å². The van der Waals surface area contributed by atoms with Crippen molar-refractivity contribution in [2.24, 2.45) is 5.92 Å². The highest BCUT2D eigenvalue weighted by Crippen LogP contribution is 2.28. The molecular formula is C16H24N2O3S. The molecule has 0 radical (unpaired) electrons. The SMILES string of the molecule is CC(C)CS(=O)(=O)CC(=O)Nc1ccccc1N1CCCC1. The minimum atomic E-state index is -3.36. The molecule has 2 rings (SSSR count). The zero-order chi connectivity index (χ0) is 16.2. The summed E-state index contributed by atoms with van der Waals surface area (Å²) >= 11 is 0. The van der Waals surface area contributed by atoms with Crippen LogP contribution in [0.5, 0.6) is 0 Å². The van der Waals surface area contributed by atoms with Gasteiger partial charge in [0.15, 0.2) is 9.84 Å². The first-order valence-electron chi connectivity index (χ1n) is 7.71. The number of hydrogen-bond donors (Lipinski definition) is 1. The number of rotatable bonds is 6. The van der Waals surface area contributed by atoms with E-state index in [1.54, 1.807) is 0 Å². The third-order valence-corrected chi connectivity index (χ3v) is 5.44. The average molecular weight is 324 g/mol. The first-order valence-corrected chi connectivity index (χ1v) is 9.54. The molecule has 1 aliphatic heterocycles. The molecule has 0 atom stereocenters. The molecule has 1 amide bonds. The van der Waals surface area contributed by atoms with Crippen LogP contribution in [0.2, 0.25) is 0 Å². The number of hydrogen-bond acceptors (Lipinski definition) is 4. The minimum Gasteiger partial charge on any atom is -0.370 e. The van der Waals surface area contributed by atoms with Crippen molar-refractivity contribution in [3.05, 3.63) is 24.3 Å². The van der Waals surface area contributed by atoms with E-state index < -0.39 is 21.5 Å². The summed E-state index contributed by atoms with van der Waals surface area (Å²) in [6, 6.07) is 7.56. The molecule has 1 aliphatic rings. The van der Waals surface area contributed by atoms with Gasteiger partial charge in [0.05, 0.1) is 17.1 Å². The van der Waals surface area contributed by atoms with Gasteiger partial charge in [0.1, 0.15) is 5.75 Å². The van der Waals surface area contributed by atoms with E-state index in [1.165, 1.54) is 0 Å². The molecule has 0 unspecified atom stereocenters. The molecule has 1 N–H and O–H groups in total. The van der Waals surface area contributed by atoms with Crippen LogP contribution in [-0.4, -0.2) is 38.9 Å². The van der Waals surface area contributed by atoms with Crippen LogP contribution in [0.25, 0.3) is 0 Å². The molecule has 6 heteroatoms. The Hall–Kier alpha value is -1.56. The maximum absolute atomic E-state index is 12.1. The lowest BCUT2D eigenvalue weighted by atomic mass is 10.2. The Bertz CT molecular complexity index is 620. The summed E-state index contributed by atoms with van der Waals surface area (Å²) in [4.78, 5) is 14.3. The molecule has 22 heavy (non-hydrogen) atoms. The molecule has 0 aliphatic carbocycles. The van der Waals surface area contributed by atoms with Gasteiger partial charge in [0.2, 0.25) is 5.91 Å². The molecule has 1 aromatic rings. The fourth-order valence-corrected chi connectivity index (χ4v) is 4.37. The van der Waals surface area contributed by atoms with Gasteiger partial charge in [-0.25, -0.2) is 8.42 Å². The molecule has 1 aromatic carbocycles. The fourth-order valence-electron chi connectivity index (χ4n) is 2.77. The summed E-state index contributed by atoms with van der Waals surface area (Å²) in [5.74, 6) is -0.866. The van der Waals surface area contributed by atoms with E-state index in [4.69, 9.17) is 0 Å². The summed E-state index contributed by atoms with van der Waals surface area (Å²) in [7, 11) is -3.36. The third-order valence-electron chi connectivity index (χ3n) is 3.56. The standard InChI is InChI=1S/C16H24N2O3S/c1-13(2)11-22(20,21)12-16(19)17-14-7-3-4-8-15(14)18-9-5-6-10-18/h3-4,7-8,13H,5-6,9-12H2,1-2H3,(H,17,19). The number of amides is 1. The van der Waals surface area contributed by atoms with Crippen LogP contribution in [0.4, 0.5) is 11.4 Å². The van der Waals surface area contributed by atoms with Gasteiger partial charge in [0.25, 0.3) is 0 Å². The summed E-state index contributed by atoms with van der Waals surface area (Å²) < 4.78 is 23.8. The van der Waals surface area contributed by atoms with Gasteiger partial charge in [-0.3, -0.25) is 4.79 Å². The maximum atomic E-state index is 12.1. The molecule has 0 aromatic heterocycles. The van der Waals surface area contributed by atoms with Crippen molar-refractivity contribution in [3.63, 3.8) is 0 Å². The molecule has 122 valence electrons. The number of nitrogens with one attached hydrogen (secondary N) is 1. The second kappa shape index (κ2) is 7.13. The smallest absolute Gasteiger partial charge is 0.239 e. The van der Waals surface area contributed by atoms with Gasteiger partial charge in [-0.15, -0.1) is 0 Å². The average Bonchev–Trinajstić information content (AvgIpc) is 2.90. The van der Waals surface area contributed by atoms with Crippen LogP contribution in [0, 0.1) is 5.92 Å². The lowest BCUT2D eigenvalue weighted by Gasteiger charge is -2.21. The molecule has 0 saturated carbocycles. The van der Waals surface area contributed by atoms with Crippen molar-refractivity contribution >= 4 is 27.1 Å². The lowest BCUT2D eigenvalue weighted by Crippen LogP contribution is -2.27. The van der Waals surface area contributed by atoms with Crippen LogP contribution in [0.3, 0.4) is 0 Å². The Morgan fingerprint density at radius 3 is 2.50 bits per heavy atom. The van der Waals surface area contributed by atoms with Gasteiger partial charge < -0.3 is 10.2 Å². The highest BCUT2D eigenvalue weighted by Gasteiger charge is 2.20. The van der Waals surface area contributed by atoms with E-state index in [-0.39, 0.29) is 11.7 Å². The monoisotopic (exact) mass is 324 g/mol. The fraction of sp³-hybridized carbons (Fsp3) is 0.562. The molecule has 1 heterocycles. The number of anilines is 2. The Balaban J connectivity index is 2.06. The number of nitrogens with zero attached hydrogens (tertiary/aromatic N) is 1. The van der Waals surface area contributed by atoms with E-state index >= 15 is 0 Å². The Morgan fingerprint density at radius 1 is 1.23 bits per heavy atom. The highest BCUT2D eigenvalue weighted by molar-refractivity contribution is 7.92. The topological polar surface area (TPSA) is 66.5 Å². The third kappa shape index (κ3) is 4.73. The van der Waals surface area contributed by atoms with Crippen LogP contribution in [0.15, 0.2) is 24.3 Å². The van der Waals surface area contributed by atoms with E-state index in [2.05, 4.69) is 10.2 Å². The summed E-state index contributed by atoms with van der Waals surface area (Å²) in [6.07, 6.45) is 2.29. The Morgan fingerprint density at radius 2 is 1.86 bits per heavy atom. The van der Waals surface area contributed by atoms with Crippen molar-refractivity contribution in [2.45, 2.75) is 26.7 Å². The minimum absolute atomic E-state index is 0.0229. The second-order valence-electron chi connectivity index (χ2n) is 6.21. The highest BCUT2D eigenvalue weighted by atomic mass is 32.2. The van der Waals surface area contributed by atoms with Crippen LogP contribution in [-0.2, 0) is 14.6 Å². The largest absolute Gasteiger partial charge is 0.370 e. The van der Waals surface area contributed by atoms with E-state index in [9.17, 15) is 13.2 Å². The predicted molar refractivity (Wildman–Crippen MR) is 90.0 cm³/mol. The van der Waals surface area contributed by atoms with Gasteiger partial charge in [0, 0.05) is 13.1 Å². The van der Waals surface area contributed by atoms with Crippen molar-refractivity contribution in [1.29, 1.82) is 0 Å². The molecule has 0 spiro atoms. The Kier molecular flexibility index (Phi) is 5.45. The number of carbonyl (C=O) groups excluding carboxylic acids is 1. The number of sulfone groups is 1. The van der Waals surface area contributed by atoms with Crippen LogP contribution >= 0.6 is 0 Å². The van der Waals surface area contributed by atoms with Crippen LogP contribution < -0.4 is 10.2 Å². The zero-order valence-corrected chi connectivity index (χ0v) is 14.0. The first-order chi connectivity index (χ1) is 10.4. The van der Waals surface area contributed by atoms with Crippen molar-refractivity contribution < 1.29 is 13.2 Å². The zero-order valence-electron chi connectivity index (χ0n) is 13.2. The van der Waals surface area contributed by atoms with Crippen LogP contribution in [0.1, 0.15) is 26.7 Å². The Labute approximate surface area is 132 Å². The van der Waals surface area contributed by atoms with Gasteiger partial charge in [-0.2, -0.15) is 0 Å². The quantitative estimate of drug-likeness (QED) is 0.872. The van der Waals surface area contributed by atoms with Gasteiger partial charge in [-0.05, 0) is 30.9 Å². The normalized spacial score (nSPS) is 15.3. The predicted octanol–water partition coefficient (Wildman–Crippen LogP) is 2.30. The van der Waals surface area contributed by atoms with E-state index in [0.29, 0.717) is 5.69 Å². The number of benzene rings is 1. The van der Waals surface area contributed by atoms with Crippen molar-refractivity contribution in [1.82, 2.24) is 0 Å². The maximum Gasteiger partial charge on any atom is 0.239 e. The van der Waals surface area contributed by atoms with Crippen molar-refractivity contribution in [3.8, 4) is 0 Å². The molecule has 5 nitrogen and oxygen atoms in total. The van der Waals surface area contributed by atoms with E-state index in [1.807, 2.05) is 38.1 Å². The molecular weight excluding hydrogens is 300 g/mol. The number of para-hydroxylation sites is 2. The summed E-state index contributed by atoms with van der Waals surface area (Å²) in [6.45, 7) is 5.60. The van der Waals surface area contributed by atoms with E-state index in [0.717, 1.165) is 31.6 Å². The molecule has 1 fully saturated rings. The first kappa shape index (κ1) is 16.8. The lowest BCUT2D eigenvalue weighted by molar-refractivity contribution is -0.113. The van der Waals surface area contributed by atoms with Crippen molar-refractivity contribution in [2.75, 3.05) is 34.8 Å². The molecule has 0 bridgehead atoms.